The molecule has 2 aromatic heterocycles. The van der Waals surface area contributed by atoms with Gasteiger partial charge >= 0.3 is 0 Å². The van der Waals surface area contributed by atoms with E-state index in [-0.39, 0.29) is 0 Å². The van der Waals surface area contributed by atoms with Gasteiger partial charge < -0.3 is 5.32 Å². The number of fused-ring (bicyclic) bond motifs is 1. The van der Waals surface area contributed by atoms with Crippen molar-refractivity contribution >= 4 is 27.9 Å². The average molecular weight is 279 g/mol. The summed E-state index contributed by atoms with van der Waals surface area (Å²) in [5.41, 5.74) is 4.00. The van der Waals surface area contributed by atoms with Gasteiger partial charge in [-0.05, 0) is 36.8 Å². The summed E-state index contributed by atoms with van der Waals surface area (Å²) < 4.78 is 0. The van der Waals surface area contributed by atoms with E-state index in [1.54, 1.807) is 11.3 Å². The van der Waals surface area contributed by atoms with Crippen molar-refractivity contribution in [1.82, 2.24) is 4.98 Å². The molecule has 0 spiro atoms. The summed E-state index contributed by atoms with van der Waals surface area (Å²) in [6, 6.07) is 12.3. The second kappa shape index (κ2) is 5.32. The van der Waals surface area contributed by atoms with Gasteiger partial charge in [-0.2, -0.15) is 5.26 Å². The van der Waals surface area contributed by atoms with Crippen molar-refractivity contribution in [2.24, 2.45) is 0 Å². The lowest BCUT2D eigenvalue weighted by Gasteiger charge is -2.10. The second-order valence-electron chi connectivity index (χ2n) is 4.60. The predicted octanol–water partition coefficient (Wildman–Crippen LogP) is 4.09. The van der Waals surface area contributed by atoms with Crippen molar-refractivity contribution in [3.63, 3.8) is 0 Å². The van der Waals surface area contributed by atoms with E-state index < -0.39 is 0 Å². The number of pyridine rings is 1. The standard InChI is InChI=1S/C16H13N3S/c1-11-4-5-15(14-3-2-6-18-16(11)14)19-9-13-7-12(8-17)10-20-13/h2-7,10,19H,9H2,1H3. The van der Waals surface area contributed by atoms with Crippen LogP contribution in [0.25, 0.3) is 10.9 Å². The fourth-order valence-corrected chi connectivity index (χ4v) is 2.93. The van der Waals surface area contributed by atoms with Crippen molar-refractivity contribution in [3.8, 4) is 6.07 Å². The van der Waals surface area contributed by atoms with E-state index in [0.717, 1.165) is 33.6 Å². The number of rotatable bonds is 3. The zero-order valence-electron chi connectivity index (χ0n) is 11.1. The first-order chi connectivity index (χ1) is 9.78. The van der Waals surface area contributed by atoms with Crippen molar-refractivity contribution < 1.29 is 0 Å². The predicted molar refractivity (Wildman–Crippen MR) is 82.8 cm³/mol. The van der Waals surface area contributed by atoms with E-state index in [9.17, 15) is 0 Å². The molecule has 0 radical (unpaired) electrons. The van der Waals surface area contributed by atoms with Gasteiger partial charge in [0.05, 0.1) is 11.1 Å². The number of nitrogens with zero attached hydrogens (tertiary/aromatic N) is 2. The molecule has 0 saturated heterocycles. The Hall–Kier alpha value is -2.38. The Bertz CT molecular complexity index is 799. The van der Waals surface area contributed by atoms with Crippen LogP contribution in [0.5, 0.6) is 0 Å². The van der Waals surface area contributed by atoms with Gasteiger partial charge in [0.1, 0.15) is 6.07 Å². The quantitative estimate of drug-likeness (QED) is 0.785. The molecule has 20 heavy (non-hydrogen) atoms. The van der Waals surface area contributed by atoms with Crippen LogP contribution in [0.15, 0.2) is 41.9 Å². The molecule has 0 amide bonds. The molecule has 0 aliphatic heterocycles. The molecule has 1 aromatic carbocycles. The number of nitriles is 1. The lowest BCUT2D eigenvalue weighted by atomic mass is 10.1. The van der Waals surface area contributed by atoms with Crippen LogP contribution in [0, 0.1) is 18.3 Å². The van der Waals surface area contributed by atoms with Crippen LogP contribution >= 0.6 is 11.3 Å². The number of hydrogen-bond acceptors (Lipinski definition) is 4. The zero-order chi connectivity index (χ0) is 13.9. The normalized spacial score (nSPS) is 10.4. The van der Waals surface area contributed by atoms with E-state index in [1.165, 1.54) is 5.56 Å². The number of aryl methyl sites for hydroxylation is 1. The number of hydrogen-bond donors (Lipinski definition) is 1. The monoisotopic (exact) mass is 279 g/mol. The highest BCUT2D eigenvalue weighted by atomic mass is 32.1. The Kier molecular flexibility index (Phi) is 3.36. The number of aromatic nitrogens is 1. The van der Waals surface area contributed by atoms with Crippen LogP contribution in [0.1, 0.15) is 16.0 Å². The molecule has 98 valence electrons. The Morgan fingerprint density at radius 3 is 3.05 bits per heavy atom. The van der Waals surface area contributed by atoms with Gasteiger partial charge in [-0.1, -0.05) is 6.07 Å². The fourth-order valence-electron chi connectivity index (χ4n) is 2.18. The summed E-state index contributed by atoms with van der Waals surface area (Å²) in [7, 11) is 0. The lowest BCUT2D eigenvalue weighted by molar-refractivity contribution is 1.19. The van der Waals surface area contributed by atoms with Crippen LogP contribution in [-0.2, 0) is 6.54 Å². The van der Waals surface area contributed by atoms with Crippen LogP contribution in [-0.4, -0.2) is 4.98 Å². The minimum absolute atomic E-state index is 0.722. The summed E-state index contributed by atoms with van der Waals surface area (Å²) in [5.74, 6) is 0. The molecule has 1 N–H and O–H groups in total. The molecule has 0 fully saturated rings. The summed E-state index contributed by atoms with van der Waals surface area (Å²) in [6.45, 7) is 2.79. The number of nitrogens with one attached hydrogen (secondary N) is 1. The summed E-state index contributed by atoms with van der Waals surface area (Å²) in [5, 5.41) is 15.3. The third-order valence-corrected chi connectivity index (χ3v) is 4.14. The van der Waals surface area contributed by atoms with E-state index in [0.29, 0.717) is 0 Å². The summed E-state index contributed by atoms with van der Waals surface area (Å²) >= 11 is 1.60. The van der Waals surface area contributed by atoms with Gasteiger partial charge in [0.15, 0.2) is 0 Å². The summed E-state index contributed by atoms with van der Waals surface area (Å²) in [6.07, 6.45) is 1.82. The minimum Gasteiger partial charge on any atom is -0.380 e. The van der Waals surface area contributed by atoms with Crippen LogP contribution in [0.2, 0.25) is 0 Å². The first-order valence-electron chi connectivity index (χ1n) is 6.33. The van der Waals surface area contributed by atoms with Crippen molar-refractivity contribution in [3.05, 3.63) is 57.9 Å². The van der Waals surface area contributed by atoms with Crippen molar-refractivity contribution in [2.75, 3.05) is 5.32 Å². The lowest BCUT2D eigenvalue weighted by Crippen LogP contribution is -1.99. The van der Waals surface area contributed by atoms with Crippen molar-refractivity contribution in [2.45, 2.75) is 13.5 Å². The second-order valence-corrected chi connectivity index (χ2v) is 5.59. The molecule has 3 nitrogen and oxygen atoms in total. The third-order valence-electron chi connectivity index (χ3n) is 3.21. The molecule has 0 atom stereocenters. The Labute approximate surface area is 121 Å². The largest absolute Gasteiger partial charge is 0.380 e. The maximum atomic E-state index is 8.84. The molecular weight excluding hydrogens is 266 g/mol. The molecule has 0 bridgehead atoms. The smallest absolute Gasteiger partial charge is 0.100 e. The Morgan fingerprint density at radius 1 is 1.35 bits per heavy atom. The van der Waals surface area contributed by atoms with E-state index in [2.05, 4.69) is 41.5 Å². The molecule has 4 heteroatoms. The molecule has 0 aliphatic rings. The zero-order valence-corrected chi connectivity index (χ0v) is 11.9. The van der Waals surface area contributed by atoms with Gasteiger partial charge in [0.2, 0.25) is 0 Å². The number of benzene rings is 1. The van der Waals surface area contributed by atoms with E-state index in [4.69, 9.17) is 5.26 Å². The van der Waals surface area contributed by atoms with Gasteiger partial charge in [0.25, 0.3) is 0 Å². The highest BCUT2D eigenvalue weighted by Gasteiger charge is 2.05. The van der Waals surface area contributed by atoms with Crippen LogP contribution < -0.4 is 5.32 Å². The third kappa shape index (κ3) is 2.36. The first-order valence-corrected chi connectivity index (χ1v) is 7.21. The number of thiophene rings is 1. The van der Waals surface area contributed by atoms with Gasteiger partial charge in [-0.3, -0.25) is 4.98 Å². The highest BCUT2D eigenvalue weighted by molar-refractivity contribution is 7.10. The maximum absolute atomic E-state index is 8.84. The molecule has 2 heterocycles. The minimum atomic E-state index is 0.722. The van der Waals surface area contributed by atoms with Crippen LogP contribution in [0.4, 0.5) is 5.69 Å². The average Bonchev–Trinajstić information content (AvgIpc) is 2.95. The van der Waals surface area contributed by atoms with Gasteiger partial charge in [-0.25, -0.2) is 0 Å². The molecule has 0 aliphatic carbocycles. The molecule has 3 rings (SSSR count). The summed E-state index contributed by atoms with van der Waals surface area (Å²) in [4.78, 5) is 5.59. The maximum Gasteiger partial charge on any atom is 0.100 e. The van der Waals surface area contributed by atoms with Gasteiger partial charge in [-0.15, -0.1) is 11.3 Å². The van der Waals surface area contributed by atoms with E-state index in [1.807, 2.05) is 23.7 Å². The molecule has 0 saturated carbocycles. The topological polar surface area (TPSA) is 48.7 Å². The highest BCUT2D eigenvalue weighted by Crippen LogP contribution is 2.25. The molecular formula is C16H13N3S. The Balaban J connectivity index is 1.88. The van der Waals surface area contributed by atoms with Crippen molar-refractivity contribution in [1.29, 1.82) is 5.26 Å². The first kappa shape index (κ1) is 12.6. The number of anilines is 1. The molecule has 3 aromatic rings. The Morgan fingerprint density at radius 2 is 2.25 bits per heavy atom. The fraction of sp³-hybridized carbons (Fsp3) is 0.125. The van der Waals surface area contributed by atoms with Gasteiger partial charge in [0, 0.05) is 34.1 Å². The van der Waals surface area contributed by atoms with Crippen LogP contribution in [0.3, 0.4) is 0 Å². The SMILES string of the molecule is Cc1ccc(NCc2cc(C#N)cs2)c2cccnc12. The van der Waals surface area contributed by atoms with E-state index >= 15 is 0 Å². The molecule has 0 unspecified atom stereocenters.